The number of hydrogen-bond acceptors (Lipinski definition) is 6. The molecule has 0 bridgehead atoms. The number of anilines is 3. The molecule has 1 aliphatic heterocycles. The number of halogens is 2. The number of imidazole rings is 1. The van der Waals surface area contributed by atoms with Crippen LogP contribution in [0.4, 0.5) is 22.0 Å². The number of fused-ring (bicyclic) bond motifs is 1. The van der Waals surface area contributed by atoms with Gasteiger partial charge in [0.2, 0.25) is 11.9 Å². The van der Waals surface area contributed by atoms with E-state index in [-0.39, 0.29) is 11.6 Å². The molecular formula is C24H30ClFN6O. The maximum absolute atomic E-state index is 14.0. The van der Waals surface area contributed by atoms with Gasteiger partial charge in [-0.05, 0) is 69.6 Å². The molecule has 3 heterocycles. The Morgan fingerprint density at radius 1 is 1.12 bits per heavy atom. The summed E-state index contributed by atoms with van der Waals surface area (Å²) >= 11 is 6.08. The largest absolute Gasteiger partial charge is 0.381 e. The summed E-state index contributed by atoms with van der Waals surface area (Å²) in [5.74, 6) is 1.55. The van der Waals surface area contributed by atoms with Crippen molar-refractivity contribution < 1.29 is 9.13 Å². The van der Waals surface area contributed by atoms with Crippen molar-refractivity contribution in [2.75, 3.05) is 23.8 Å². The maximum Gasteiger partial charge on any atom is 0.225 e. The zero-order valence-electron chi connectivity index (χ0n) is 19.1. The van der Waals surface area contributed by atoms with Crippen LogP contribution in [-0.2, 0) is 4.74 Å². The lowest BCUT2D eigenvalue weighted by molar-refractivity contribution is 0.0656. The molecule has 3 aromatic rings. The van der Waals surface area contributed by atoms with Crippen LogP contribution in [0.2, 0.25) is 5.02 Å². The van der Waals surface area contributed by atoms with Crippen molar-refractivity contribution in [3.8, 4) is 0 Å². The van der Waals surface area contributed by atoms with Gasteiger partial charge in [0.1, 0.15) is 11.3 Å². The third-order valence-corrected chi connectivity index (χ3v) is 7.13. The molecule has 2 aliphatic rings. The second-order valence-corrected chi connectivity index (χ2v) is 10.1. The smallest absolute Gasteiger partial charge is 0.225 e. The van der Waals surface area contributed by atoms with E-state index in [9.17, 15) is 4.39 Å². The van der Waals surface area contributed by atoms with Crippen LogP contribution in [-0.4, -0.2) is 38.3 Å². The van der Waals surface area contributed by atoms with Crippen molar-refractivity contribution in [2.45, 2.75) is 64.0 Å². The van der Waals surface area contributed by atoms with Crippen LogP contribution in [0.1, 0.15) is 58.4 Å². The monoisotopic (exact) mass is 472 g/mol. The average Bonchev–Trinajstić information content (AvgIpc) is 3.11. The highest BCUT2D eigenvalue weighted by Crippen LogP contribution is 2.37. The molecule has 33 heavy (non-hydrogen) atoms. The zero-order valence-corrected chi connectivity index (χ0v) is 19.8. The molecule has 0 atom stereocenters. The predicted molar refractivity (Wildman–Crippen MR) is 129 cm³/mol. The molecule has 0 amide bonds. The Hall–Kier alpha value is -2.45. The molecule has 176 valence electrons. The molecule has 0 spiro atoms. The van der Waals surface area contributed by atoms with Gasteiger partial charge in [-0.2, -0.15) is 4.98 Å². The minimum absolute atomic E-state index is 0.101. The molecule has 2 N–H and O–H groups in total. The third-order valence-electron chi connectivity index (χ3n) is 6.91. The van der Waals surface area contributed by atoms with Gasteiger partial charge in [-0.3, -0.25) is 4.57 Å². The van der Waals surface area contributed by atoms with E-state index in [2.05, 4.69) is 34.0 Å². The fourth-order valence-corrected chi connectivity index (χ4v) is 5.08. The van der Waals surface area contributed by atoms with E-state index >= 15 is 0 Å². The topological polar surface area (TPSA) is 76.9 Å². The van der Waals surface area contributed by atoms with E-state index in [1.165, 1.54) is 12.1 Å². The Kier molecular flexibility index (Phi) is 6.14. The first kappa shape index (κ1) is 22.3. The maximum atomic E-state index is 14.0. The van der Waals surface area contributed by atoms with Crippen molar-refractivity contribution in [3.63, 3.8) is 0 Å². The number of aromatic nitrogens is 4. The van der Waals surface area contributed by atoms with E-state index < -0.39 is 5.82 Å². The fourth-order valence-electron chi connectivity index (χ4n) is 4.86. The van der Waals surface area contributed by atoms with Gasteiger partial charge in [-0.25, -0.2) is 14.4 Å². The van der Waals surface area contributed by atoms with Gasteiger partial charge in [0.05, 0.1) is 6.20 Å². The van der Waals surface area contributed by atoms with Gasteiger partial charge in [-0.1, -0.05) is 18.5 Å². The van der Waals surface area contributed by atoms with Crippen molar-refractivity contribution in [2.24, 2.45) is 5.92 Å². The van der Waals surface area contributed by atoms with Crippen molar-refractivity contribution in [1.29, 1.82) is 0 Å². The van der Waals surface area contributed by atoms with Crippen molar-refractivity contribution >= 4 is 40.3 Å². The first-order chi connectivity index (χ1) is 15.9. The minimum atomic E-state index is -0.393. The lowest BCUT2D eigenvalue weighted by Crippen LogP contribution is -2.41. The summed E-state index contributed by atoms with van der Waals surface area (Å²) in [5.41, 5.74) is 1.95. The van der Waals surface area contributed by atoms with Gasteiger partial charge in [0, 0.05) is 35.5 Å². The molecule has 7 nitrogen and oxygen atoms in total. The second-order valence-electron chi connectivity index (χ2n) is 9.70. The molecule has 2 fully saturated rings. The third kappa shape index (κ3) is 4.92. The lowest BCUT2D eigenvalue weighted by atomic mass is 9.87. The van der Waals surface area contributed by atoms with Gasteiger partial charge in [0.15, 0.2) is 5.65 Å². The SMILES string of the molecule is CC1(Nc2ncc3nc(Nc4cc(F)cc(Cl)c4)n([C@H]4CC[C@@H](C)CC4)c3n2)CCOCC1. The van der Waals surface area contributed by atoms with Crippen LogP contribution < -0.4 is 10.6 Å². The van der Waals surface area contributed by atoms with Crippen LogP contribution in [0.5, 0.6) is 0 Å². The average molecular weight is 473 g/mol. The number of nitrogens with zero attached hydrogens (tertiary/aromatic N) is 4. The first-order valence-corrected chi connectivity index (χ1v) is 12.1. The highest BCUT2D eigenvalue weighted by molar-refractivity contribution is 6.30. The molecule has 0 unspecified atom stereocenters. The van der Waals surface area contributed by atoms with Crippen molar-refractivity contribution in [3.05, 3.63) is 35.2 Å². The second kappa shape index (κ2) is 9.06. The molecule has 1 saturated heterocycles. The van der Waals surface area contributed by atoms with Crippen LogP contribution in [0, 0.1) is 11.7 Å². The number of rotatable bonds is 5. The molecule has 1 aromatic carbocycles. The number of nitrogens with one attached hydrogen (secondary N) is 2. The number of benzene rings is 1. The highest BCUT2D eigenvalue weighted by Gasteiger charge is 2.29. The summed E-state index contributed by atoms with van der Waals surface area (Å²) in [7, 11) is 0. The van der Waals surface area contributed by atoms with E-state index in [0.717, 1.165) is 63.3 Å². The summed E-state index contributed by atoms with van der Waals surface area (Å²) in [6, 6.07) is 4.67. The predicted octanol–water partition coefficient (Wildman–Crippen LogP) is 6.09. The van der Waals surface area contributed by atoms with Gasteiger partial charge in [0.25, 0.3) is 0 Å². The molecule has 2 aromatic heterocycles. The van der Waals surface area contributed by atoms with Crippen LogP contribution in [0.25, 0.3) is 11.2 Å². The normalized spacial score (nSPS) is 22.9. The Balaban J connectivity index is 1.53. The van der Waals surface area contributed by atoms with Gasteiger partial charge in [-0.15, -0.1) is 0 Å². The Morgan fingerprint density at radius 2 is 1.88 bits per heavy atom. The van der Waals surface area contributed by atoms with Crippen molar-refractivity contribution in [1.82, 2.24) is 19.5 Å². The Labute approximate surface area is 198 Å². The van der Waals surface area contributed by atoms with Gasteiger partial charge >= 0.3 is 0 Å². The summed E-state index contributed by atoms with van der Waals surface area (Å²) in [4.78, 5) is 14.2. The van der Waals surface area contributed by atoms with Crippen LogP contribution in [0.15, 0.2) is 24.4 Å². The summed E-state index contributed by atoms with van der Waals surface area (Å²) < 4.78 is 21.6. The zero-order chi connectivity index (χ0) is 23.0. The van der Waals surface area contributed by atoms with E-state index in [0.29, 0.717) is 28.1 Å². The first-order valence-electron chi connectivity index (χ1n) is 11.7. The highest BCUT2D eigenvalue weighted by atomic mass is 35.5. The van der Waals surface area contributed by atoms with E-state index in [1.807, 2.05) is 0 Å². The molecule has 0 radical (unpaired) electrons. The quantitative estimate of drug-likeness (QED) is 0.467. The van der Waals surface area contributed by atoms with E-state index in [4.69, 9.17) is 26.3 Å². The summed E-state index contributed by atoms with van der Waals surface area (Å²) in [6.45, 7) is 5.95. The van der Waals surface area contributed by atoms with Crippen LogP contribution >= 0.6 is 11.6 Å². The number of hydrogen-bond donors (Lipinski definition) is 2. The molecule has 9 heteroatoms. The Bertz CT molecular complexity index is 1120. The minimum Gasteiger partial charge on any atom is -0.381 e. The molecular weight excluding hydrogens is 443 g/mol. The molecule has 1 saturated carbocycles. The molecule has 5 rings (SSSR count). The standard InChI is InChI=1S/C24H30ClFN6O/c1-15-3-5-19(6-4-15)32-21-20(29-23(32)28-18-12-16(25)11-17(26)13-18)14-27-22(30-21)31-24(2)7-9-33-10-8-24/h11-15,19H,3-10H2,1-2H3,(H,28,29)(H,27,30,31)/t15-,19+. The Morgan fingerprint density at radius 3 is 2.61 bits per heavy atom. The van der Waals surface area contributed by atoms with E-state index in [1.54, 1.807) is 12.3 Å². The molecule has 1 aliphatic carbocycles. The fraction of sp³-hybridized carbons (Fsp3) is 0.542. The summed E-state index contributed by atoms with van der Waals surface area (Å²) in [6.07, 6.45) is 7.98. The number of ether oxygens (including phenoxy) is 1. The van der Waals surface area contributed by atoms with Crippen LogP contribution in [0.3, 0.4) is 0 Å². The van der Waals surface area contributed by atoms with Gasteiger partial charge < -0.3 is 15.4 Å². The summed E-state index contributed by atoms with van der Waals surface area (Å²) in [5, 5.41) is 7.15. The lowest BCUT2D eigenvalue weighted by Gasteiger charge is -2.34.